The number of hydrogen-bond donors (Lipinski definition) is 1. The topological polar surface area (TPSA) is 45.5 Å². The quantitative estimate of drug-likeness (QED) is 0.909. The zero-order chi connectivity index (χ0) is 12.8. The van der Waals surface area contributed by atoms with Gasteiger partial charge in [0.1, 0.15) is 5.52 Å². The Morgan fingerprint density at radius 3 is 3.05 bits per heavy atom. The monoisotopic (exact) mass is 257 g/mol. The van der Waals surface area contributed by atoms with Gasteiger partial charge in [0.2, 0.25) is 0 Å². The summed E-state index contributed by atoms with van der Waals surface area (Å²) in [5, 5.41) is 8.02. The van der Waals surface area contributed by atoms with Crippen LogP contribution in [0.4, 0.5) is 5.82 Å². The van der Waals surface area contributed by atoms with Gasteiger partial charge >= 0.3 is 0 Å². The van der Waals surface area contributed by atoms with Crippen molar-refractivity contribution in [1.82, 2.24) is 19.5 Å². The molecule has 2 aromatic rings. The molecule has 5 nitrogen and oxygen atoms in total. The van der Waals surface area contributed by atoms with Crippen molar-refractivity contribution in [2.24, 2.45) is 0 Å². The van der Waals surface area contributed by atoms with E-state index in [1.54, 1.807) is 0 Å². The van der Waals surface area contributed by atoms with Crippen molar-refractivity contribution < 1.29 is 0 Å². The summed E-state index contributed by atoms with van der Waals surface area (Å²) < 4.78 is 1.90. The third kappa shape index (κ3) is 2.08. The Balaban J connectivity index is 1.54. The Labute approximate surface area is 112 Å². The van der Waals surface area contributed by atoms with E-state index in [-0.39, 0.29) is 0 Å². The fraction of sp³-hybridized carbons (Fsp3) is 0.571. The molecule has 1 saturated heterocycles. The molecule has 0 radical (unpaired) electrons. The van der Waals surface area contributed by atoms with Gasteiger partial charge < -0.3 is 5.32 Å². The third-order valence-corrected chi connectivity index (χ3v) is 4.14. The van der Waals surface area contributed by atoms with Crippen LogP contribution >= 0.6 is 0 Å². The number of aromatic nitrogens is 3. The lowest BCUT2D eigenvalue weighted by Gasteiger charge is -2.16. The maximum Gasteiger partial charge on any atom is 0.152 e. The van der Waals surface area contributed by atoms with Gasteiger partial charge in [-0.1, -0.05) is 0 Å². The predicted octanol–water partition coefficient (Wildman–Crippen LogP) is 1.69. The summed E-state index contributed by atoms with van der Waals surface area (Å²) in [6, 6.07) is 3.48. The van der Waals surface area contributed by atoms with Crippen LogP contribution in [0.15, 0.2) is 18.5 Å². The smallest absolute Gasteiger partial charge is 0.152 e. The number of likely N-dealkylation sites (tertiary alicyclic amines) is 1. The van der Waals surface area contributed by atoms with Crippen LogP contribution in [0.1, 0.15) is 25.0 Å². The Kier molecular flexibility index (Phi) is 2.48. The van der Waals surface area contributed by atoms with Gasteiger partial charge in [0.25, 0.3) is 0 Å². The number of rotatable bonds is 3. The van der Waals surface area contributed by atoms with Crippen LogP contribution in [0.3, 0.4) is 0 Å². The van der Waals surface area contributed by atoms with E-state index < -0.39 is 0 Å². The molecule has 0 bridgehead atoms. The minimum atomic E-state index is 0.523. The van der Waals surface area contributed by atoms with E-state index in [0.29, 0.717) is 6.04 Å². The fourth-order valence-electron chi connectivity index (χ4n) is 3.03. The van der Waals surface area contributed by atoms with Gasteiger partial charge in [0.15, 0.2) is 5.82 Å². The van der Waals surface area contributed by atoms with Crippen LogP contribution in [0, 0.1) is 6.92 Å². The van der Waals surface area contributed by atoms with Crippen molar-refractivity contribution in [2.45, 2.75) is 38.3 Å². The van der Waals surface area contributed by atoms with E-state index in [2.05, 4.69) is 26.4 Å². The van der Waals surface area contributed by atoms with E-state index in [0.717, 1.165) is 29.6 Å². The number of anilines is 1. The second kappa shape index (κ2) is 4.20. The van der Waals surface area contributed by atoms with Gasteiger partial charge in [-0.15, -0.1) is 0 Å². The first-order valence-electron chi connectivity index (χ1n) is 7.11. The maximum atomic E-state index is 4.48. The van der Waals surface area contributed by atoms with Crippen LogP contribution in [-0.2, 0) is 0 Å². The van der Waals surface area contributed by atoms with Crippen molar-refractivity contribution in [1.29, 1.82) is 0 Å². The standard InChI is InChI=1S/C14H19N5/c1-10-8-13-14(15-5-7-19(13)17-10)16-11-4-6-18(9-11)12-2-3-12/h5,7-8,11-12H,2-4,6,9H2,1H3,(H,15,16). The highest BCUT2D eigenvalue weighted by molar-refractivity contribution is 5.68. The van der Waals surface area contributed by atoms with Crippen molar-refractivity contribution >= 4 is 11.3 Å². The minimum absolute atomic E-state index is 0.523. The molecule has 1 aliphatic carbocycles. The largest absolute Gasteiger partial charge is 0.364 e. The fourth-order valence-corrected chi connectivity index (χ4v) is 3.03. The average Bonchev–Trinajstić information content (AvgIpc) is 3.01. The zero-order valence-electron chi connectivity index (χ0n) is 11.2. The average molecular weight is 257 g/mol. The molecular formula is C14H19N5. The van der Waals surface area contributed by atoms with Gasteiger partial charge in [-0.2, -0.15) is 5.10 Å². The molecule has 5 heteroatoms. The second-order valence-corrected chi connectivity index (χ2v) is 5.75. The van der Waals surface area contributed by atoms with Crippen LogP contribution in [0.25, 0.3) is 5.52 Å². The molecule has 3 heterocycles. The Bertz CT molecular complexity index is 601. The summed E-state index contributed by atoms with van der Waals surface area (Å²) >= 11 is 0. The van der Waals surface area contributed by atoms with Crippen molar-refractivity contribution in [3.8, 4) is 0 Å². The maximum absolute atomic E-state index is 4.48. The third-order valence-electron chi connectivity index (χ3n) is 4.14. The molecule has 2 fully saturated rings. The minimum Gasteiger partial charge on any atom is -0.364 e. The number of fused-ring (bicyclic) bond motifs is 1. The molecule has 1 atom stereocenters. The molecule has 100 valence electrons. The highest BCUT2D eigenvalue weighted by Gasteiger charge is 2.34. The number of aryl methyl sites for hydroxylation is 1. The molecule has 1 saturated carbocycles. The Morgan fingerprint density at radius 1 is 1.32 bits per heavy atom. The van der Waals surface area contributed by atoms with E-state index in [4.69, 9.17) is 0 Å². The van der Waals surface area contributed by atoms with Gasteiger partial charge in [-0.25, -0.2) is 9.50 Å². The molecule has 0 aromatic carbocycles. The lowest BCUT2D eigenvalue weighted by molar-refractivity contribution is 0.326. The molecular weight excluding hydrogens is 238 g/mol. The molecule has 1 unspecified atom stereocenters. The zero-order valence-corrected chi connectivity index (χ0v) is 11.2. The van der Waals surface area contributed by atoms with Crippen molar-refractivity contribution in [3.63, 3.8) is 0 Å². The van der Waals surface area contributed by atoms with Crippen LogP contribution in [0.2, 0.25) is 0 Å². The molecule has 19 heavy (non-hydrogen) atoms. The van der Waals surface area contributed by atoms with E-state index in [9.17, 15) is 0 Å². The Morgan fingerprint density at radius 2 is 2.21 bits per heavy atom. The van der Waals surface area contributed by atoms with E-state index in [1.165, 1.54) is 25.8 Å². The molecule has 1 N–H and O–H groups in total. The molecule has 4 rings (SSSR count). The number of nitrogens with one attached hydrogen (secondary N) is 1. The summed E-state index contributed by atoms with van der Waals surface area (Å²) in [5.41, 5.74) is 2.10. The van der Waals surface area contributed by atoms with Gasteiger partial charge in [0.05, 0.1) is 5.69 Å². The first kappa shape index (κ1) is 11.2. The normalized spacial score (nSPS) is 24.2. The first-order valence-corrected chi connectivity index (χ1v) is 7.11. The van der Waals surface area contributed by atoms with Crippen molar-refractivity contribution in [2.75, 3.05) is 18.4 Å². The van der Waals surface area contributed by atoms with Crippen LogP contribution < -0.4 is 5.32 Å². The van der Waals surface area contributed by atoms with Crippen molar-refractivity contribution in [3.05, 3.63) is 24.2 Å². The molecule has 2 aromatic heterocycles. The lowest BCUT2D eigenvalue weighted by atomic mass is 10.2. The summed E-state index contributed by atoms with van der Waals surface area (Å²) in [6.07, 6.45) is 7.71. The summed E-state index contributed by atoms with van der Waals surface area (Å²) in [7, 11) is 0. The highest BCUT2D eigenvalue weighted by atomic mass is 15.3. The molecule has 2 aliphatic rings. The van der Waals surface area contributed by atoms with Crippen LogP contribution in [0.5, 0.6) is 0 Å². The predicted molar refractivity (Wildman–Crippen MR) is 74.3 cm³/mol. The first-order chi connectivity index (χ1) is 9.29. The second-order valence-electron chi connectivity index (χ2n) is 5.75. The van der Waals surface area contributed by atoms with Crippen LogP contribution in [-0.4, -0.2) is 44.7 Å². The van der Waals surface area contributed by atoms with Gasteiger partial charge in [0, 0.05) is 37.6 Å². The van der Waals surface area contributed by atoms with E-state index >= 15 is 0 Å². The molecule has 1 aliphatic heterocycles. The molecule has 0 amide bonds. The highest BCUT2D eigenvalue weighted by Crippen LogP contribution is 2.30. The van der Waals surface area contributed by atoms with E-state index in [1.807, 2.05) is 23.8 Å². The SMILES string of the molecule is Cc1cc2c(NC3CCN(C4CC4)C3)nccn2n1. The Hall–Kier alpha value is -1.62. The van der Waals surface area contributed by atoms with Gasteiger partial charge in [-0.3, -0.25) is 4.90 Å². The summed E-state index contributed by atoms with van der Waals surface area (Å²) in [4.78, 5) is 7.09. The number of nitrogens with zero attached hydrogens (tertiary/aromatic N) is 4. The summed E-state index contributed by atoms with van der Waals surface area (Å²) in [6.45, 7) is 4.39. The molecule has 0 spiro atoms. The van der Waals surface area contributed by atoms with Gasteiger partial charge in [-0.05, 0) is 32.3 Å². The number of hydrogen-bond acceptors (Lipinski definition) is 4. The summed E-state index contributed by atoms with van der Waals surface area (Å²) in [5.74, 6) is 0.964. The lowest BCUT2D eigenvalue weighted by Crippen LogP contribution is -2.28.